The first-order chi connectivity index (χ1) is 18.5. The predicted octanol–water partition coefficient (Wildman–Crippen LogP) is 5.26. The first-order valence-electron chi connectivity index (χ1n) is 11.9. The molecule has 0 spiro atoms. The molecule has 9 nitrogen and oxygen atoms in total. The van der Waals surface area contributed by atoms with Gasteiger partial charge in [-0.15, -0.1) is 0 Å². The Morgan fingerprint density at radius 2 is 1.82 bits per heavy atom. The average molecular weight is 561 g/mol. The van der Waals surface area contributed by atoms with Crippen LogP contribution in [0.5, 0.6) is 5.75 Å². The highest BCUT2D eigenvalue weighted by Crippen LogP contribution is 2.46. The van der Waals surface area contributed by atoms with Crippen molar-refractivity contribution in [2.24, 2.45) is 7.05 Å². The molecule has 39 heavy (non-hydrogen) atoms. The molecule has 3 heterocycles. The topological polar surface area (TPSA) is 95.1 Å². The van der Waals surface area contributed by atoms with Crippen LogP contribution in [0.15, 0.2) is 59.4 Å². The maximum Gasteiger partial charge on any atom is 0.410 e. The molecule has 0 unspecified atom stereocenters. The SMILES string of the molecule is COc1ccc([C@H]2C[C@H](C(F)(F)F)n3nc(C(=O)Nc4c(C)n(C)n(-c5ccccc5)c4=O)c(Cl)c3N2)cc1. The van der Waals surface area contributed by atoms with Crippen LogP contribution in [-0.2, 0) is 7.05 Å². The van der Waals surface area contributed by atoms with Crippen LogP contribution < -0.4 is 20.9 Å². The van der Waals surface area contributed by atoms with Crippen LogP contribution in [-0.4, -0.2) is 38.3 Å². The first-order valence-corrected chi connectivity index (χ1v) is 12.3. The van der Waals surface area contributed by atoms with E-state index in [4.69, 9.17) is 16.3 Å². The van der Waals surface area contributed by atoms with E-state index in [0.717, 1.165) is 0 Å². The summed E-state index contributed by atoms with van der Waals surface area (Å²) in [5.74, 6) is -0.481. The average Bonchev–Trinajstić information content (AvgIpc) is 3.36. The summed E-state index contributed by atoms with van der Waals surface area (Å²) in [6, 6.07) is 12.6. The zero-order chi connectivity index (χ0) is 28.1. The van der Waals surface area contributed by atoms with E-state index < -0.39 is 35.4 Å². The molecule has 0 saturated heterocycles. The van der Waals surface area contributed by atoms with Crippen LogP contribution in [0.1, 0.15) is 40.3 Å². The van der Waals surface area contributed by atoms with E-state index in [1.165, 1.54) is 11.8 Å². The lowest BCUT2D eigenvalue weighted by Crippen LogP contribution is -2.35. The number of alkyl halides is 3. The van der Waals surface area contributed by atoms with E-state index in [0.29, 0.717) is 27.4 Å². The maximum absolute atomic E-state index is 14.1. The summed E-state index contributed by atoms with van der Waals surface area (Å²) in [7, 11) is 3.14. The molecule has 1 aliphatic heterocycles. The molecule has 13 heteroatoms. The van der Waals surface area contributed by atoms with Crippen LogP contribution in [0.4, 0.5) is 24.7 Å². The minimum absolute atomic E-state index is 0.0372. The number of ether oxygens (including phenoxy) is 1. The monoisotopic (exact) mass is 560 g/mol. The number of fused-ring (bicyclic) bond motifs is 1. The van der Waals surface area contributed by atoms with Gasteiger partial charge in [0.25, 0.3) is 11.5 Å². The fourth-order valence-electron chi connectivity index (χ4n) is 4.67. The molecule has 0 bridgehead atoms. The van der Waals surface area contributed by atoms with Crippen molar-refractivity contribution in [2.45, 2.75) is 31.6 Å². The second-order valence-electron chi connectivity index (χ2n) is 9.11. The molecule has 4 aromatic rings. The number of amides is 1. The Morgan fingerprint density at radius 3 is 2.44 bits per heavy atom. The third-order valence-electron chi connectivity index (χ3n) is 6.82. The lowest BCUT2D eigenvalue weighted by molar-refractivity contribution is -0.173. The van der Waals surface area contributed by atoms with Gasteiger partial charge >= 0.3 is 6.18 Å². The van der Waals surface area contributed by atoms with Gasteiger partial charge in [0.1, 0.15) is 22.3 Å². The van der Waals surface area contributed by atoms with Crippen molar-refractivity contribution >= 4 is 29.0 Å². The Morgan fingerprint density at radius 1 is 1.15 bits per heavy atom. The fourth-order valence-corrected chi connectivity index (χ4v) is 4.94. The lowest BCUT2D eigenvalue weighted by atomic mass is 9.97. The summed E-state index contributed by atoms with van der Waals surface area (Å²) in [6.07, 6.45) is -5.04. The molecule has 2 aromatic carbocycles. The molecule has 0 aliphatic carbocycles. The predicted molar refractivity (Wildman–Crippen MR) is 140 cm³/mol. The number of halogens is 4. The fraction of sp³-hybridized carbons (Fsp3) is 0.269. The van der Waals surface area contributed by atoms with E-state index in [1.807, 2.05) is 0 Å². The molecular formula is C26H24ClF3N6O3. The molecule has 204 valence electrons. The van der Waals surface area contributed by atoms with E-state index >= 15 is 0 Å². The standard InChI is InChI=1S/C26H24ClF3N6O3/c1-14-21(25(38)36(34(14)2)16-7-5-4-6-8-16)32-24(37)22-20(27)23-31-18(15-9-11-17(39-3)12-10-15)13-19(26(28,29)30)35(23)33-22/h4-12,18-19,31H,13H2,1-3H3,(H,32,37)/t18-,19-/m1/s1. The van der Waals surface area contributed by atoms with Gasteiger partial charge in [0, 0.05) is 13.5 Å². The third-order valence-corrected chi connectivity index (χ3v) is 7.18. The number of carbonyl (C=O) groups is 1. The number of hydrogen-bond donors (Lipinski definition) is 2. The Labute approximate surface area is 225 Å². The van der Waals surface area contributed by atoms with Gasteiger partial charge in [-0.1, -0.05) is 41.9 Å². The van der Waals surface area contributed by atoms with Gasteiger partial charge in [-0.05, 0) is 36.8 Å². The zero-order valence-corrected chi connectivity index (χ0v) is 21.8. The molecule has 2 atom stereocenters. The number of hydrogen-bond acceptors (Lipinski definition) is 5. The highest BCUT2D eigenvalue weighted by atomic mass is 35.5. The number of benzene rings is 2. The van der Waals surface area contributed by atoms with Crippen molar-refractivity contribution in [2.75, 3.05) is 17.7 Å². The number of aromatic nitrogens is 4. The molecule has 0 fully saturated rings. The van der Waals surface area contributed by atoms with Crippen LogP contribution in [0.25, 0.3) is 5.69 Å². The minimum Gasteiger partial charge on any atom is -0.497 e. The normalized spacial score (nSPS) is 16.9. The van der Waals surface area contributed by atoms with Crippen LogP contribution in [0, 0.1) is 6.92 Å². The Kier molecular flexibility index (Phi) is 6.67. The van der Waals surface area contributed by atoms with Gasteiger partial charge in [-0.3, -0.25) is 14.3 Å². The molecule has 0 radical (unpaired) electrons. The number of methoxy groups -OCH3 is 1. The quantitative estimate of drug-likeness (QED) is 0.347. The zero-order valence-electron chi connectivity index (χ0n) is 21.1. The Hall–Kier alpha value is -4.19. The smallest absolute Gasteiger partial charge is 0.410 e. The van der Waals surface area contributed by atoms with Gasteiger partial charge in [-0.2, -0.15) is 18.3 Å². The maximum atomic E-state index is 14.1. The molecule has 0 saturated carbocycles. The number of rotatable bonds is 5. The largest absolute Gasteiger partial charge is 0.497 e. The third kappa shape index (κ3) is 4.65. The van der Waals surface area contributed by atoms with Crippen LogP contribution >= 0.6 is 11.6 Å². The van der Waals surface area contributed by atoms with E-state index in [-0.39, 0.29) is 22.9 Å². The summed E-state index contributed by atoms with van der Waals surface area (Å²) in [5.41, 5.74) is 0.609. The van der Waals surface area contributed by atoms with Crippen LogP contribution in [0.2, 0.25) is 5.02 Å². The molecule has 1 amide bonds. The van der Waals surface area contributed by atoms with Gasteiger partial charge in [0.2, 0.25) is 0 Å². The van der Waals surface area contributed by atoms with E-state index in [2.05, 4.69) is 15.7 Å². The summed E-state index contributed by atoms with van der Waals surface area (Å²) < 4.78 is 51.1. The van der Waals surface area contributed by atoms with E-state index in [9.17, 15) is 22.8 Å². The van der Waals surface area contributed by atoms with Crippen molar-refractivity contribution in [3.8, 4) is 11.4 Å². The highest BCUT2D eigenvalue weighted by Gasteiger charge is 2.48. The number of anilines is 2. The minimum atomic E-state index is -4.66. The lowest BCUT2D eigenvalue weighted by Gasteiger charge is -2.33. The second kappa shape index (κ2) is 9.84. The molecule has 5 rings (SSSR count). The number of nitrogens with one attached hydrogen (secondary N) is 2. The molecule has 1 aliphatic rings. The number of carbonyl (C=O) groups excluding carboxylic acids is 1. The first kappa shape index (κ1) is 26.4. The van der Waals surface area contributed by atoms with Gasteiger partial charge < -0.3 is 15.4 Å². The van der Waals surface area contributed by atoms with Gasteiger partial charge in [0.15, 0.2) is 11.7 Å². The summed E-state index contributed by atoms with van der Waals surface area (Å²) in [5, 5.41) is 9.17. The van der Waals surface area contributed by atoms with E-state index in [1.54, 1.807) is 73.3 Å². The summed E-state index contributed by atoms with van der Waals surface area (Å²) in [6.45, 7) is 1.64. The Balaban J connectivity index is 1.50. The van der Waals surface area contributed by atoms with Gasteiger partial charge in [-0.25, -0.2) is 9.36 Å². The van der Waals surface area contributed by atoms with Crippen LogP contribution in [0.3, 0.4) is 0 Å². The summed E-state index contributed by atoms with van der Waals surface area (Å²) >= 11 is 6.45. The second-order valence-corrected chi connectivity index (χ2v) is 9.49. The molecule has 2 aromatic heterocycles. The van der Waals surface area contributed by atoms with Crippen molar-refractivity contribution in [3.63, 3.8) is 0 Å². The Bertz CT molecular complexity index is 1590. The van der Waals surface area contributed by atoms with Crippen molar-refractivity contribution < 1.29 is 22.7 Å². The van der Waals surface area contributed by atoms with Crippen molar-refractivity contribution in [1.29, 1.82) is 0 Å². The highest BCUT2D eigenvalue weighted by molar-refractivity contribution is 6.36. The van der Waals surface area contributed by atoms with Gasteiger partial charge in [0.05, 0.1) is 24.5 Å². The summed E-state index contributed by atoms with van der Waals surface area (Å²) in [4.78, 5) is 26.4. The number of nitrogens with zero attached hydrogens (tertiary/aromatic N) is 4. The molecular weight excluding hydrogens is 537 g/mol. The number of para-hydroxylation sites is 1. The van der Waals surface area contributed by atoms with Crippen molar-refractivity contribution in [1.82, 2.24) is 19.1 Å². The molecule has 2 N–H and O–H groups in total. The van der Waals surface area contributed by atoms with Crippen molar-refractivity contribution in [3.05, 3.63) is 86.9 Å².